The van der Waals surface area contributed by atoms with Gasteiger partial charge in [-0.2, -0.15) is 39.5 Å². The summed E-state index contributed by atoms with van der Waals surface area (Å²) < 4.78 is 130. The molecule has 0 aliphatic carbocycles. The summed E-state index contributed by atoms with van der Waals surface area (Å²) in [4.78, 5) is 0. The van der Waals surface area contributed by atoms with Crippen molar-refractivity contribution in [2.75, 3.05) is 6.54 Å². The maximum atomic E-state index is 12.3. The maximum absolute atomic E-state index is 12.3. The summed E-state index contributed by atoms with van der Waals surface area (Å²) >= 11 is 0. The smallest absolute Gasteiger partial charge is 0.198 e. The van der Waals surface area contributed by atoms with Crippen LogP contribution in [0.25, 0.3) is 0 Å². The van der Waals surface area contributed by atoms with Gasteiger partial charge in [-0.3, -0.25) is 0 Å². The normalized spacial score (nSPS) is 15.5. The molecule has 0 aromatic carbocycles. The Morgan fingerprint density at radius 1 is 0.647 bits per heavy atom. The summed E-state index contributed by atoms with van der Waals surface area (Å²) in [5, 5.41) is -2.62. The lowest BCUT2D eigenvalue weighted by atomic mass is 10.0. The molecule has 0 aliphatic heterocycles. The molecule has 0 saturated carbocycles. The van der Waals surface area contributed by atoms with E-state index in [9.17, 15) is 48.5 Å². The molecule has 0 heterocycles. The zero-order valence-electron chi connectivity index (χ0n) is 7.31. The van der Waals surface area contributed by atoms with E-state index in [-0.39, 0.29) is 0 Å². The van der Waals surface area contributed by atoms with Crippen LogP contribution in [0.3, 0.4) is 0 Å². The van der Waals surface area contributed by atoms with Crippen molar-refractivity contribution in [3.8, 4) is 0 Å². The molecule has 0 aromatic rings. The molecule has 0 spiro atoms. The van der Waals surface area contributed by atoms with E-state index < -0.39 is 35.8 Å². The standard InChI is InChI=1S/C5H2F11N/c6-2(7,1-17(15)16)3(8,9)4(10,11)5(12,13)14/h1H2. The van der Waals surface area contributed by atoms with Gasteiger partial charge in [0.15, 0.2) is 0 Å². The molecule has 17 heavy (non-hydrogen) atoms. The van der Waals surface area contributed by atoms with Crippen LogP contribution in [0.5, 0.6) is 0 Å². The number of hydrogen-bond donors (Lipinski definition) is 0. The SMILES string of the molecule is FN(F)CC(F)(F)C(F)(F)C(F)(F)C(F)(F)F. The predicted molar refractivity (Wildman–Crippen MR) is 29.8 cm³/mol. The van der Waals surface area contributed by atoms with E-state index in [2.05, 4.69) is 0 Å². The van der Waals surface area contributed by atoms with Gasteiger partial charge in [0.1, 0.15) is 6.54 Å². The quantitative estimate of drug-likeness (QED) is 0.564. The van der Waals surface area contributed by atoms with Crippen molar-refractivity contribution in [3.05, 3.63) is 0 Å². The first kappa shape index (κ1) is 16.2. The molecule has 0 rings (SSSR count). The average Bonchev–Trinajstić information content (AvgIpc) is 1.98. The topological polar surface area (TPSA) is 3.24 Å². The van der Waals surface area contributed by atoms with Crippen LogP contribution in [0.2, 0.25) is 0 Å². The van der Waals surface area contributed by atoms with Crippen molar-refractivity contribution in [3.63, 3.8) is 0 Å². The number of alkyl halides is 9. The van der Waals surface area contributed by atoms with Crippen LogP contribution in [0.1, 0.15) is 0 Å². The Balaban J connectivity index is 5.39. The largest absolute Gasteiger partial charge is 0.460 e. The molecule has 0 amide bonds. The molecular weight excluding hydrogens is 283 g/mol. The first-order valence-electron chi connectivity index (χ1n) is 3.46. The zero-order chi connectivity index (χ0) is 14.3. The Morgan fingerprint density at radius 2 is 1.00 bits per heavy atom. The second-order valence-electron chi connectivity index (χ2n) is 2.81. The second-order valence-corrected chi connectivity index (χ2v) is 2.81. The summed E-state index contributed by atoms with van der Waals surface area (Å²) in [5.74, 6) is -20.4. The third-order valence-electron chi connectivity index (χ3n) is 1.53. The summed E-state index contributed by atoms with van der Waals surface area (Å²) in [6.45, 7) is -3.27. The van der Waals surface area contributed by atoms with Crippen LogP contribution in [0.4, 0.5) is 48.5 Å². The Bertz CT molecular complexity index is 266. The van der Waals surface area contributed by atoms with Gasteiger partial charge < -0.3 is 0 Å². The lowest BCUT2D eigenvalue weighted by Crippen LogP contribution is -2.62. The minimum Gasteiger partial charge on any atom is -0.198 e. The fourth-order valence-corrected chi connectivity index (χ4v) is 0.657. The van der Waals surface area contributed by atoms with Gasteiger partial charge in [-0.05, 0) is 0 Å². The number of halogens is 11. The molecule has 0 radical (unpaired) electrons. The van der Waals surface area contributed by atoms with Crippen molar-refractivity contribution >= 4 is 0 Å². The molecule has 0 aliphatic rings. The predicted octanol–water partition coefficient (Wildman–Crippen LogP) is 3.53. The molecular formula is C5H2F11N. The van der Waals surface area contributed by atoms with Gasteiger partial charge >= 0.3 is 23.9 Å². The number of nitrogens with zero attached hydrogens (tertiary/aromatic N) is 1. The van der Waals surface area contributed by atoms with Crippen LogP contribution in [0, 0.1) is 0 Å². The summed E-state index contributed by atoms with van der Waals surface area (Å²) in [7, 11) is 0. The minimum absolute atomic E-state index is 2.62. The van der Waals surface area contributed by atoms with Gasteiger partial charge in [0.2, 0.25) is 0 Å². The summed E-state index contributed by atoms with van der Waals surface area (Å²) in [5.41, 5.74) is 0. The van der Waals surface area contributed by atoms with E-state index in [0.717, 1.165) is 0 Å². The van der Waals surface area contributed by atoms with Crippen LogP contribution in [-0.2, 0) is 0 Å². The van der Waals surface area contributed by atoms with Gasteiger partial charge in [-0.1, -0.05) is 0 Å². The fraction of sp³-hybridized carbons (Fsp3) is 1.00. The number of rotatable bonds is 4. The van der Waals surface area contributed by atoms with E-state index in [1.165, 1.54) is 0 Å². The van der Waals surface area contributed by atoms with Crippen molar-refractivity contribution in [2.45, 2.75) is 23.9 Å². The third-order valence-corrected chi connectivity index (χ3v) is 1.53. The average molecular weight is 285 g/mol. The van der Waals surface area contributed by atoms with Crippen LogP contribution < -0.4 is 0 Å². The molecule has 0 fully saturated rings. The van der Waals surface area contributed by atoms with Crippen LogP contribution >= 0.6 is 0 Å². The van der Waals surface area contributed by atoms with Crippen molar-refractivity contribution in [2.24, 2.45) is 0 Å². The molecule has 12 heteroatoms. The highest BCUT2D eigenvalue weighted by Gasteiger charge is 2.81. The Morgan fingerprint density at radius 3 is 1.24 bits per heavy atom. The highest BCUT2D eigenvalue weighted by Crippen LogP contribution is 2.53. The van der Waals surface area contributed by atoms with Crippen molar-refractivity contribution in [1.82, 2.24) is 5.34 Å². The second kappa shape index (κ2) is 4.14. The van der Waals surface area contributed by atoms with Gasteiger partial charge in [0, 0.05) is 5.34 Å². The van der Waals surface area contributed by atoms with Gasteiger partial charge in [-0.15, -0.1) is 8.96 Å². The van der Waals surface area contributed by atoms with Crippen LogP contribution in [0.15, 0.2) is 0 Å². The van der Waals surface area contributed by atoms with Crippen molar-refractivity contribution < 1.29 is 48.5 Å². The highest BCUT2D eigenvalue weighted by molar-refractivity contribution is 5.00. The fourth-order valence-electron chi connectivity index (χ4n) is 0.657. The first-order chi connectivity index (χ1) is 7.17. The molecule has 0 bridgehead atoms. The van der Waals surface area contributed by atoms with Gasteiger partial charge in [-0.25, -0.2) is 0 Å². The third kappa shape index (κ3) is 2.72. The van der Waals surface area contributed by atoms with Crippen molar-refractivity contribution in [1.29, 1.82) is 0 Å². The summed E-state index contributed by atoms with van der Waals surface area (Å²) in [6, 6.07) is 0. The van der Waals surface area contributed by atoms with Gasteiger partial charge in [0.25, 0.3) is 0 Å². The maximum Gasteiger partial charge on any atom is 0.460 e. The van der Waals surface area contributed by atoms with E-state index in [0.29, 0.717) is 0 Å². The molecule has 0 aromatic heterocycles. The Hall–Kier alpha value is -0.810. The minimum atomic E-state index is -7.14. The van der Waals surface area contributed by atoms with E-state index in [1.807, 2.05) is 0 Å². The first-order valence-corrected chi connectivity index (χ1v) is 3.46. The number of hydrogen-bond acceptors (Lipinski definition) is 1. The van der Waals surface area contributed by atoms with E-state index in [4.69, 9.17) is 0 Å². The molecule has 0 N–H and O–H groups in total. The molecule has 0 atom stereocenters. The lowest BCUT2D eigenvalue weighted by molar-refractivity contribution is -0.403. The van der Waals surface area contributed by atoms with E-state index >= 15 is 0 Å². The van der Waals surface area contributed by atoms with Gasteiger partial charge in [0.05, 0.1) is 0 Å². The lowest BCUT2D eigenvalue weighted by Gasteiger charge is -2.33. The van der Waals surface area contributed by atoms with E-state index in [1.54, 1.807) is 0 Å². The monoisotopic (exact) mass is 285 g/mol. The molecule has 1 nitrogen and oxygen atoms in total. The molecule has 104 valence electrons. The Labute approximate surface area is 85.7 Å². The summed E-state index contributed by atoms with van der Waals surface area (Å²) in [6.07, 6.45) is -7.00. The molecule has 0 saturated heterocycles. The zero-order valence-corrected chi connectivity index (χ0v) is 7.31. The molecule has 0 unspecified atom stereocenters. The van der Waals surface area contributed by atoms with Crippen LogP contribution in [-0.4, -0.2) is 35.8 Å². The highest BCUT2D eigenvalue weighted by atomic mass is 19.4. The Kier molecular flexibility index (Phi) is 3.94.